The molecule has 2 aromatic carbocycles. The molecule has 0 bridgehead atoms. The molecule has 0 aliphatic carbocycles. The summed E-state index contributed by atoms with van der Waals surface area (Å²) in [5.74, 6) is -0.366. The molecule has 2 aromatic rings. The molecule has 162 valence electrons. The Balaban J connectivity index is 1.61. The van der Waals surface area contributed by atoms with Gasteiger partial charge in [-0.1, -0.05) is 0 Å². The highest BCUT2D eigenvalue weighted by molar-refractivity contribution is 5.91. The topological polar surface area (TPSA) is 106 Å². The number of halogens is 1. The summed E-state index contributed by atoms with van der Waals surface area (Å²) in [7, 11) is 0. The predicted molar refractivity (Wildman–Crippen MR) is 108 cm³/mol. The van der Waals surface area contributed by atoms with Crippen LogP contribution in [0.3, 0.4) is 0 Å². The van der Waals surface area contributed by atoms with Gasteiger partial charge >= 0.3 is 12.1 Å². The SMILES string of the molecule is CCOC(=O)Nc1ccc(C(=O)OCC(O)CNCCOc2ccc(F)cc2)cc1. The minimum absolute atomic E-state index is 0.173. The molecule has 0 fully saturated rings. The minimum atomic E-state index is -0.885. The second-order valence-corrected chi connectivity index (χ2v) is 6.18. The van der Waals surface area contributed by atoms with Crippen molar-refractivity contribution in [2.75, 3.05) is 38.2 Å². The van der Waals surface area contributed by atoms with Crippen LogP contribution in [0.15, 0.2) is 48.5 Å². The van der Waals surface area contributed by atoms with Crippen molar-refractivity contribution in [1.82, 2.24) is 5.32 Å². The van der Waals surface area contributed by atoms with Crippen molar-refractivity contribution >= 4 is 17.7 Å². The first-order chi connectivity index (χ1) is 14.5. The lowest BCUT2D eigenvalue weighted by molar-refractivity contribution is 0.0258. The molecule has 9 heteroatoms. The Bertz CT molecular complexity index is 798. The van der Waals surface area contributed by atoms with Crippen molar-refractivity contribution in [1.29, 1.82) is 0 Å². The van der Waals surface area contributed by atoms with Gasteiger partial charge in [0.05, 0.1) is 12.2 Å². The smallest absolute Gasteiger partial charge is 0.411 e. The minimum Gasteiger partial charge on any atom is -0.492 e. The molecule has 30 heavy (non-hydrogen) atoms. The molecule has 0 aliphatic rings. The van der Waals surface area contributed by atoms with Crippen molar-refractivity contribution in [2.24, 2.45) is 0 Å². The average molecular weight is 420 g/mol. The Labute approximate surface area is 173 Å². The van der Waals surface area contributed by atoms with Crippen LogP contribution < -0.4 is 15.4 Å². The Hall–Kier alpha value is -3.17. The number of ether oxygens (including phenoxy) is 3. The lowest BCUT2D eigenvalue weighted by Gasteiger charge is -2.13. The first kappa shape index (κ1) is 23.1. The predicted octanol–water partition coefficient (Wildman–Crippen LogP) is 2.58. The van der Waals surface area contributed by atoms with Gasteiger partial charge in [0.15, 0.2) is 0 Å². The zero-order chi connectivity index (χ0) is 21.8. The summed E-state index contributed by atoms with van der Waals surface area (Å²) in [5.41, 5.74) is 0.773. The Morgan fingerprint density at radius 3 is 2.43 bits per heavy atom. The maximum absolute atomic E-state index is 12.8. The van der Waals surface area contributed by atoms with Gasteiger partial charge < -0.3 is 24.6 Å². The van der Waals surface area contributed by atoms with Crippen molar-refractivity contribution in [3.8, 4) is 5.75 Å². The van der Waals surface area contributed by atoms with Crippen molar-refractivity contribution < 1.29 is 33.3 Å². The number of anilines is 1. The second kappa shape index (κ2) is 12.4. The van der Waals surface area contributed by atoms with Gasteiger partial charge in [-0.05, 0) is 55.5 Å². The fourth-order valence-electron chi connectivity index (χ4n) is 2.33. The van der Waals surface area contributed by atoms with E-state index in [1.807, 2.05) is 0 Å². The van der Waals surface area contributed by atoms with Gasteiger partial charge in [-0.25, -0.2) is 14.0 Å². The molecule has 3 N–H and O–H groups in total. The summed E-state index contributed by atoms with van der Waals surface area (Å²) in [4.78, 5) is 23.4. The van der Waals surface area contributed by atoms with Gasteiger partial charge in [-0.2, -0.15) is 0 Å². The van der Waals surface area contributed by atoms with Crippen LogP contribution in [-0.2, 0) is 9.47 Å². The van der Waals surface area contributed by atoms with Gasteiger partial charge in [0.1, 0.15) is 30.9 Å². The van der Waals surface area contributed by atoms with E-state index >= 15 is 0 Å². The molecule has 0 saturated heterocycles. The van der Waals surface area contributed by atoms with Crippen molar-refractivity contribution in [3.05, 3.63) is 59.9 Å². The van der Waals surface area contributed by atoms with Crippen molar-refractivity contribution in [2.45, 2.75) is 13.0 Å². The standard InChI is InChI=1S/C21H25FN2O6/c1-2-28-21(27)24-17-7-3-15(4-8-17)20(26)30-14-18(25)13-23-11-12-29-19-9-5-16(22)6-10-19/h3-10,18,23,25H,2,11-14H2,1H3,(H,24,27). The van der Waals surface area contributed by atoms with Gasteiger partial charge in [-0.3, -0.25) is 5.32 Å². The first-order valence-corrected chi connectivity index (χ1v) is 9.46. The Kier molecular flexibility index (Phi) is 9.56. The Morgan fingerprint density at radius 1 is 1.07 bits per heavy atom. The zero-order valence-corrected chi connectivity index (χ0v) is 16.6. The zero-order valence-electron chi connectivity index (χ0n) is 16.6. The molecular weight excluding hydrogens is 395 g/mol. The molecule has 2 rings (SSSR count). The van der Waals surface area contributed by atoms with Crippen LogP contribution in [0.4, 0.5) is 14.9 Å². The molecule has 1 unspecified atom stereocenters. The Morgan fingerprint density at radius 2 is 1.77 bits per heavy atom. The average Bonchev–Trinajstić information content (AvgIpc) is 2.74. The van der Waals surface area contributed by atoms with Gasteiger partial charge in [0.2, 0.25) is 0 Å². The third kappa shape index (κ3) is 8.46. The lowest BCUT2D eigenvalue weighted by Crippen LogP contribution is -2.33. The van der Waals surface area contributed by atoms with E-state index < -0.39 is 18.2 Å². The molecule has 1 atom stereocenters. The number of aliphatic hydroxyl groups excluding tert-OH is 1. The first-order valence-electron chi connectivity index (χ1n) is 9.46. The van der Waals surface area contributed by atoms with E-state index in [0.717, 1.165) is 0 Å². The van der Waals surface area contributed by atoms with E-state index in [-0.39, 0.29) is 31.1 Å². The summed E-state index contributed by atoms with van der Waals surface area (Å²) >= 11 is 0. The highest BCUT2D eigenvalue weighted by atomic mass is 19.1. The number of benzene rings is 2. The highest BCUT2D eigenvalue weighted by Gasteiger charge is 2.11. The molecule has 8 nitrogen and oxygen atoms in total. The van der Waals surface area contributed by atoms with Crippen LogP contribution in [-0.4, -0.2) is 56.2 Å². The summed E-state index contributed by atoms with van der Waals surface area (Å²) < 4.78 is 28.1. The van der Waals surface area contributed by atoms with E-state index in [1.165, 1.54) is 36.4 Å². The number of nitrogens with one attached hydrogen (secondary N) is 2. The van der Waals surface area contributed by atoms with Crippen LogP contribution in [0.5, 0.6) is 5.75 Å². The van der Waals surface area contributed by atoms with E-state index in [0.29, 0.717) is 24.6 Å². The largest absolute Gasteiger partial charge is 0.492 e. The molecule has 0 heterocycles. The van der Waals surface area contributed by atoms with Gasteiger partial charge in [-0.15, -0.1) is 0 Å². The quantitative estimate of drug-likeness (QED) is 0.379. The molecule has 1 amide bonds. The second-order valence-electron chi connectivity index (χ2n) is 6.18. The number of rotatable bonds is 11. The van der Waals surface area contributed by atoms with Crippen LogP contribution in [0.1, 0.15) is 17.3 Å². The molecule has 0 saturated carbocycles. The van der Waals surface area contributed by atoms with Crippen LogP contribution >= 0.6 is 0 Å². The number of carbonyl (C=O) groups excluding carboxylic acids is 2. The van der Waals surface area contributed by atoms with Crippen LogP contribution in [0.2, 0.25) is 0 Å². The van der Waals surface area contributed by atoms with Crippen molar-refractivity contribution in [3.63, 3.8) is 0 Å². The molecule has 0 aliphatic heterocycles. The number of aliphatic hydroxyl groups is 1. The van der Waals surface area contributed by atoms with Crippen LogP contribution in [0.25, 0.3) is 0 Å². The summed E-state index contributed by atoms with van der Waals surface area (Å²) in [6.45, 7) is 2.79. The molecule has 0 radical (unpaired) electrons. The number of hydrogen-bond acceptors (Lipinski definition) is 7. The molecule has 0 spiro atoms. The number of esters is 1. The monoisotopic (exact) mass is 420 g/mol. The highest BCUT2D eigenvalue weighted by Crippen LogP contribution is 2.12. The lowest BCUT2D eigenvalue weighted by atomic mass is 10.2. The molecular formula is C21H25FN2O6. The summed E-state index contributed by atoms with van der Waals surface area (Å²) in [5, 5.41) is 15.4. The van der Waals surface area contributed by atoms with E-state index in [4.69, 9.17) is 14.2 Å². The fourth-order valence-corrected chi connectivity index (χ4v) is 2.33. The number of hydrogen-bond donors (Lipinski definition) is 3. The van der Waals surface area contributed by atoms with E-state index in [1.54, 1.807) is 19.1 Å². The number of amides is 1. The molecule has 0 aromatic heterocycles. The van der Waals surface area contributed by atoms with E-state index in [2.05, 4.69) is 10.6 Å². The number of carbonyl (C=O) groups is 2. The third-order valence-corrected chi connectivity index (χ3v) is 3.79. The maximum Gasteiger partial charge on any atom is 0.411 e. The third-order valence-electron chi connectivity index (χ3n) is 3.79. The van der Waals surface area contributed by atoms with Crippen LogP contribution in [0, 0.1) is 5.82 Å². The van der Waals surface area contributed by atoms with E-state index in [9.17, 15) is 19.1 Å². The fraction of sp³-hybridized carbons (Fsp3) is 0.333. The summed E-state index contributed by atoms with van der Waals surface area (Å²) in [6, 6.07) is 11.8. The normalized spacial score (nSPS) is 11.4. The van der Waals surface area contributed by atoms with Gasteiger partial charge in [0, 0.05) is 18.8 Å². The maximum atomic E-state index is 12.8. The summed E-state index contributed by atoms with van der Waals surface area (Å²) in [6.07, 6.45) is -1.46. The van der Waals surface area contributed by atoms with Gasteiger partial charge in [0.25, 0.3) is 0 Å².